The Morgan fingerprint density at radius 3 is 2.50 bits per heavy atom. The molecule has 0 aliphatic heterocycles. The van der Waals surface area contributed by atoms with Crippen molar-refractivity contribution in [2.24, 2.45) is 11.8 Å². The number of carboxylic acid groups (broad SMARTS) is 1. The Balaban J connectivity index is 2.14. The fraction of sp³-hybridized carbons (Fsp3) is 0.333. The monoisotopic (exact) mass is 291 g/mol. The van der Waals surface area contributed by atoms with Crippen molar-refractivity contribution in [2.75, 3.05) is 11.6 Å². The maximum absolute atomic E-state index is 12.3. The zero-order valence-electron chi connectivity index (χ0n) is 11.2. The number of carbonyl (C=O) groups excluding carboxylic acids is 1. The van der Waals surface area contributed by atoms with Crippen molar-refractivity contribution in [3.05, 3.63) is 36.4 Å². The first-order chi connectivity index (χ1) is 9.63. The normalized spacial score (nSPS) is 21.4. The molecule has 4 nitrogen and oxygen atoms in total. The highest BCUT2D eigenvalue weighted by atomic mass is 32.2. The zero-order valence-corrected chi connectivity index (χ0v) is 12.0. The molecule has 20 heavy (non-hydrogen) atoms. The van der Waals surface area contributed by atoms with Gasteiger partial charge in [0.15, 0.2) is 0 Å². The number of rotatable bonds is 4. The van der Waals surface area contributed by atoms with Gasteiger partial charge in [-0.05, 0) is 31.2 Å². The smallest absolute Gasteiger partial charge is 0.307 e. The Hall–Kier alpha value is -1.75. The molecule has 1 aliphatic rings. The minimum Gasteiger partial charge on any atom is -0.481 e. The molecule has 0 unspecified atom stereocenters. The number of hydrogen-bond donors (Lipinski definition) is 2. The predicted octanol–water partition coefficient (Wildman–Crippen LogP) is 3.01. The van der Waals surface area contributed by atoms with Crippen LogP contribution in [0.4, 0.5) is 5.69 Å². The summed E-state index contributed by atoms with van der Waals surface area (Å²) >= 11 is 1.55. The van der Waals surface area contributed by atoms with E-state index in [0.29, 0.717) is 12.8 Å². The summed E-state index contributed by atoms with van der Waals surface area (Å²) in [7, 11) is 0. The Morgan fingerprint density at radius 1 is 1.20 bits per heavy atom. The number of aliphatic carboxylic acids is 1. The summed E-state index contributed by atoms with van der Waals surface area (Å²) in [5.41, 5.74) is 0.740. The third-order valence-corrected chi connectivity index (χ3v) is 4.25. The first-order valence-electron chi connectivity index (χ1n) is 6.45. The maximum atomic E-state index is 12.3. The van der Waals surface area contributed by atoms with Crippen LogP contribution in [0.15, 0.2) is 41.3 Å². The van der Waals surface area contributed by atoms with Crippen LogP contribution >= 0.6 is 11.8 Å². The van der Waals surface area contributed by atoms with E-state index < -0.39 is 17.8 Å². The second-order valence-corrected chi connectivity index (χ2v) is 5.53. The van der Waals surface area contributed by atoms with Crippen molar-refractivity contribution in [2.45, 2.75) is 17.7 Å². The van der Waals surface area contributed by atoms with E-state index >= 15 is 0 Å². The van der Waals surface area contributed by atoms with Crippen LogP contribution in [0.5, 0.6) is 0 Å². The Morgan fingerprint density at radius 2 is 1.85 bits per heavy atom. The number of carboxylic acids is 1. The van der Waals surface area contributed by atoms with Gasteiger partial charge in [0.05, 0.1) is 17.5 Å². The van der Waals surface area contributed by atoms with E-state index in [1.165, 1.54) is 0 Å². The third kappa shape index (κ3) is 3.22. The van der Waals surface area contributed by atoms with Gasteiger partial charge in [0.1, 0.15) is 0 Å². The molecule has 0 radical (unpaired) electrons. The van der Waals surface area contributed by atoms with E-state index in [1.54, 1.807) is 11.8 Å². The number of carbonyl (C=O) groups is 2. The first kappa shape index (κ1) is 14.7. The number of para-hydroxylation sites is 1. The summed E-state index contributed by atoms with van der Waals surface area (Å²) in [6.07, 6.45) is 6.54. The van der Waals surface area contributed by atoms with Gasteiger partial charge in [-0.3, -0.25) is 9.59 Å². The molecule has 0 bridgehead atoms. The minimum atomic E-state index is -0.910. The molecule has 2 rings (SSSR count). The largest absolute Gasteiger partial charge is 0.481 e. The highest BCUT2D eigenvalue weighted by molar-refractivity contribution is 7.98. The van der Waals surface area contributed by atoms with Gasteiger partial charge in [-0.15, -0.1) is 11.8 Å². The number of benzene rings is 1. The fourth-order valence-electron chi connectivity index (χ4n) is 2.35. The van der Waals surface area contributed by atoms with Crippen LogP contribution < -0.4 is 5.32 Å². The van der Waals surface area contributed by atoms with Gasteiger partial charge in [-0.2, -0.15) is 0 Å². The molecule has 1 aromatic rings. The number of allylic oxidation sites excluding steroid dienone is 2. The van der Waals surface area contributed by atoms with E-state index in [2.05, 4.69) is 5.32 Å². The lowest BCUT2D eigenvalue weighted by atomic mass is 9.82. The summed E-state index contributed by atoms with van der Waals surface area (Å²) in [6, 6.07) is 7.52. The SMILES string of the molecule is CSc1ccccc1NC(=O)[C@@H]1CC=CC[C@H]1C(=O)O. The molecule has 1 aliphatic carbocycles. The molecule has 0 heterocycles. The average molecular weight is 291 g/mol. The first-order valence-corrected chi connectivity index (χ1v) is 7.67. The standard InChI is InChI=1S/C15H17NO3S/c1-20-13-9-5-4-8-12(13)16-14(17)10-6-2-3-7-11(10)15(18)19/h2-5,8-11H,6-7H2,1H3,(H,16,17)(H,18,19)/t10-,11-/m1/s1. The summed E-state index contributed by atoms with van der Waals surface area (Å²) in [4.78, 5) is 24.5. The highest BCUT2D eigenvalue weighted by Gasteiger charge is 2.34. The fourth-order valence-corrected chi connectivity index (χ4v) is 2.90. The highest BCUT2D eigenvalue weighted by Crippen LogP contribution is 2.29. The van der Waals surface area contributed by atoms with Crippen molar-refractivity contribution >= 4 is 29.3 Å². The van der Waals surface area contributed by atoms with Gasteiger partial charge >= 0.3 is 5.97 Å². The summed E-state index contributed by atoms with van der Waals surface area (Å²) < 4.78 is 0. The van der Waals surface area contributed by atoms with E-state index in [9.17, 15) is 14.7 Å². The summed E-state index contributed by atoms with van der Waals surface area (Å²) in [5.74, 6) is -2.27. The lowest BCUT2D eigenvalue weighted by Crippen LogP contribution is -2.34. The number of amides is 1. The van der Waals surface area contributed by atoms with Crippen molar-refractivity contribution < 1.29 is 14.7 Å². The zero-order chi connectivity index (χ0) is 14.5. The second kappa shape index (κ2) is 6.61. The molecule has 5 heteroatoms. The van der Waals surface area contributed by atoms with E-state index in [1.807, 2.05) is 42.7 Å². The van der Waals surface area contributed by atoms with Gasteiger partial charge in [0.25, 0.3) is 0 Å². The molecular weight excluding hydrogens is 274 g/mol. The number of nitrogens with one attached hydrogen (secondary N) is 1. The van der Waals surface area contributed by atoms with Crippen LogP contribution in [-0.4, -0.2) is 23.2 Å². The minimum absolute atomic E-state index is 0.219. The number of thioether (sulfide) groups is 1. The van der Waals surface area contributed by atoms with Gasteiger partial charge in [0.2, 0.25) is 5.91 Å². The molecule has 1 aromatic carbocycles. The second-order valence-electron chi connectivity index (χ2n) is 4.68. The van der Waals surface area contributed by atoms with Gasteiger partial charge < -0.3 is 10.4 Å². The van der Waals surface area contributed by atoms with Gasteiger partial charge in [0, 0.05) is 4.90 Å². The molecule has 0 fully saturated rings. The lowest BCUT2D eigenvalue weighted by Gasteiger charge is -2.24. The predicted molar refractivity (Wildman–Crippen MR) is 79.8 cm³/mol. The van der Waals surface area contributed by atoms with E-state index in [0.717, 1.165) is 10.6 Å². The molecular formula is C15H17NO3S. The molecule has 2 N–H and O–H groups in total. The molecule has 0 spiro atoms. The number of hydrogen-bond acceptors (Lipinski definition) is 3. The van der Waals surface area contributed by atoms with Crippen LogP contribution in [0.3, 0.4) is 0 Å². The molecule has 2 atom stereocenters. The van der Waals surface area contributed by atoms with Crippen molar-refractivity contribution in [1.82, 2.24) is 0 Å². The quantitative estimate of drug-likeness (QED) is 0.661. The van der Waals surface area contributed by atoms with Gasteiger partial charge in [-0.25, -0.2) is 0 Å². The van der Waals surface area contributed by atoms with Crippen LogP contribution in [0, 0.1) is 11.8 Å². The van der Waals surface area contributed by atoms with Gasteiger partial charge in [-0.1, -0.05) is 24.3 Å². The Labute approximate surface area is 122 Å². The van der Waals surface area contributed by atoms with E-state index in [-0.39, 0.29) is 5.91 Å². The summed E-state index contributed by atoms with van der Waals surface area (Å²) in [5, 5.41) is 12.1. The van der Waals surface area contributed by atoms with Crippen LogP contribution in [0.25, 0.3) is 0 Å². The molecule has 0 saturated carbocycles. The van der Waals surface area contributed by atoms with Crippen LogP contribution in [-0.2, 0) is 9.59 Å². The molecule has 1 amide bonds. The maximum Gasteiger partial charge on any atom is 0.307 e. The molecule has 106 valence electrons. The third-order valence-electron chi connectivity index (χ3n) is 3.45. The summed E-state index contributed by atoms with van der Waals surface area (Å²) in [6.45, 7) is 0. The van der Waals surface area contributed by atoms with Crippen molar-refractivity contribution in [1.29, 1.82) is 0 Å². The topological polar surface area (TPSA) is 66.4 Å². The molecule has 0 saturated heterocycles. The van der Waals surface area contributed by atoms with Crippen molar-refractivity contribution in [3.63, 3.8) is 0 Å². The average Bonchev–Trinajstić information content (AvgIpc) is 2.47. The Bertz CT molecular complexity index is 542. The van der Waals surface area contributed by atoms with Crippen molar-refractivity contribution in [3.8, 4) is 0 Å². The van der Waals surface area contributed by atoms with Crippen LogP contribution in [0.2, 0.25) is 0 Å². The number of anilines is 1. The van der Waals surface area contributed by atoms with E-state index in [4.69, 9.17) is 0 Å². The van der Waals surface area contributed by atoms with Crippen LogP contribution in [0.1, 0.15) is 12.8 Å². The lowest BCUT2D eigenvalue weighted by molar-refractivity contribution is -0.146. The molecule has 0 aromatic heterocycles. The Kier molecular flexibility index (Phi) is 4.84.